The highest BCUT2D eigenvalue weighted by Crippen LogP contribution is 2.33. The highest BCUT2D eigenvalue weighted by atomic mass is 32.2. The number of thioether (sulfide) groups is 1. The van der Waals surface area contributed by atoms with Gasteiger partial charge in [0.2, 0.25) is 0 Å². The van der Waals surface area contributed by atoms with Crippen molar-refractivity contribution in [2.75, 3.05) is 0 Å². The van der Waals surface area contributed by atoms with Crippen molar-refractivity contribution in [1.29, 1.82) is 0 Å². The molecule has 0 fully saturated rings. The fourth-order valence-corrected chi connectivity index (χ4v) is 2.06. The van der Waals surface area contributed by atoms with Crippen LogP contribution in [0, 0.1) is 0 Å². The molecule has 0 atom stereocenters. The minimum Gasteiger partial charge on any atom is -0.0980 e. The SMILES string of the molecule is C=CC(=C)S/C(=C\CC)c1ccccc1. The summed E-state index contributed by atoms with van der Waals surface area (Å²) >= 11 is 1.67. The van der Waals surface area contributed by atoms with Gasteiger partial charge in [0, 0.05) is 9.81 Å². The zero-order chi connectivity index (χ0) is 11.1. The van der Waals surface area contributed by atoms with E-state index in [1.165, 1.54) is 10.5 Å². The van der Waals surface area contributed by atoms with Gasteiger partial charge in [-0.15, -0.1) is 0 Å². The molecule has 1 aromatic carbocycles. The van der Waals surface area contributed by atoms with Gasteiger partial charge in [-0.2, -0.15) is 0 Å². The van der Waals surface area contributed by atoms with Gasteiger partial charge in [-0.3, -0.25) is 0 Å². The fraction of sp³-hybridized carbons (Fsp3) is 0.143. The lowest BCUT2D eigenvalue weighted by atomic mass is 10.2. The van der Waals surface area contributed by atoms with E-state index in [0.29, 0.717) is 0 Å². The highest BCUT2D eigenvalue weighted by molar-refractivity contribution is 8.11. The van der Waals surface area contributed by atoms with Gasteiger partial charge in [0.15, 0.2) is 0 Å². The van der Waals surface area contributed by atoms with Gasteiger partial charge in [-0.1, -0.05) is 74.3 Å². The Morgan fingerprint density at radius 1 is 1.33 bits per heavy atom. The van der Waals surface area contributed by atoms with Crippen LogP contribution in [-0.4, -0.2) is 0 Å². The lowest BCUT2D eigenvalue weighted by Crippen LogP contribution is -1.79. The van der Waals surface area contributed by atoms with E-state index in [9.17, 15) is 0 Å². The first-order valence-corrected chi connectivity index (χ1v) is 5.84. The van der Waals surface area contributed by atoms with Crippen LogP contribution in [0.25, 0.3) is 4.91 Å². The van der Waals surface area contributed by atoms with Gasteiger partial charge in [0.1, 0.15) is 0 Å². The number of allylic oxidation sites excluding steroid dienone is 2. The van der Waals surface area contributed by atoms with Gasteiger partial charge in [0.05, 0.1) is 0 Å². The normalized spacial score (nSPS) is 11.1. The molecule has 1 aromatic rings. The third kappa shape index (κ3) is 3.80. The summed E-state index contributed by atoms with van der Waals surface area (Å²) < 4.78 is 0. The van der Waals surface area contributed by atoms with Crippen molar-refractivity contribution in [3.05, 3.63) is 66.1 Å². The number of rotatable bonds is 5. The Labute approximate surface area is 96.4 Å². The monoisotopic (exact) mass is 216 g/mol. The summed E-state index contributed by atoms with van der Waals surface area (Å²) in [5.74, 6) is 0. The van der Waals surface area contributed by atoms with Crippen molar-refractivity contribution in [3.63, 3.8) is 0 Å². The van der Waals surface area contributed by atoms with Crippen molar-refractivity contribution in [2.24, 2.45) is 0 Å². The van der Waals surface area contributed by atoms with Crippen LogP contribution in [0.5, 0.6) is 0 Å². The summed E-state index contributed by atoms with van der Waals surface area (Å²) in [6, 6.07) is 10.4. The molecular weight excluding hydrogens is 200 g/mol. The van der Waals surface area contributed by atoms with Crippen molar-refractivity contribution in [3.8, 4) is 0 Å². The second-order valence-corrected chi connectivity index (χ2v) is 4.28. The van der Waals surface area contributed by atoms with Crippen molar-refractivity contribution in [1.82, 2.24) is 0 Å². The molecule has 0 heterocycles. The largest absolute Gasteiger partial charge is 0.0980 e. The minimum atomic E-state index is 0.985. The first-order chi connectivity index (χ1) is 7.27. The van der Waals surface area contributed by atoms with Crippen LogP contribution < -0.4 is 0 Å². The summed E-state index contributed by atoms with van der Waals surface area (Å²) in [5, 5.41) is 0. The summed E-state index contributed by atoms with van der Waals surface area (Å²) in [7, 11) is 0. The third-order valence-electron chi connectivity index (χ3n) is 1.92. The maximum absolute atomic E-state index is 3.92. The Bertz CT molecular complexity index is 360. The molecular formula is C14H16S. The van der Waals surface area contributed by atoms with Crippen LogP contribution in [-0.2, 0) is 0 Å². The maximum Gasteiger partial charge on any atom is 0.0154 e. The Hall–Kier alpha value is -1.21. The van der Waals surface area contributed by atoms with Crippen molar-refractivity contribution < 1.29 is 0 Å². The van der Waals surface area contributed by atoms with Crippen LogP contribution in [0.15, 0.2) is 60.5 Å². The van der Waals surface area contributed by atoms with E-state index in [0.717, 1.165) is 11.3 Å². The summed E-state index contributed by atoms with van der Waals surface area (Å²) in [6.07, 6.45) is 5.04. The zero-order valence-corrected chi connectivity index (χ0v) is 9.89. The minimum absolute atomic E-state index is 0.985. The van der Waals surface area contributed by atoms with E-state index in [4.69, 9.17) is 0 Å². The standard InChI is InChI=1S/C14H16S/c1-4-9-14(15-12(3)5-2)13-10-7-6-8-11-13/h5-11H,2-4H2,1H3/b14-9-. The van der Waals surface area contributed by atoms with Gasteiger partial charge >= 0.3 is 0 Å². The molecule has 1 rings (SSSR count). The van der Waals surface area contributed by atoms with E-state index in [-0.39, 0.29) is 0 Å². The maximum atomic E-state index is 3.92. The molecule has 0 saturated heterocycles. The number of hydrogen-bond acceptors (Lipinski definition) is 1. The fourth-order valence-electron chi connectivity index (χ4n) is 1.19. The van der Waals surface area contributed by atoms with Crippen LogP contribution >= 0.6 is 11.8 Å². The molecule has 0 amide bonds. The Morgan fingerprint density at radius 3 is 2.53 bits per heavy atom. The highest BCUT2D eigenvalue weighted by Gasteiger charge is 2.01. The Morgan fingerprint density at radius 2 is 2.00 bits per heavy atom. The van der Waals surface area contributed by atoms with Crippen LogP contribution in [0.4, 0.5) is 0 Å². The molecule has 0 aliphatic rings. The smallest absolute Gasteiger partial charge is 0.0154 e. The first kappa shape index (κ1) is 11.9. The average Bonchev–Trinajstić information content (AvgIpc) is 2.29. The van der Waals surface area contributed by atoms with Gasteiger partial charge in [0.25, 0.3) is 0 Å². The van der Waals surface area contributed by atoms with E-state index < -0.39 is 0 Å². The van der Waals surface area contributed by atoms with E-state index in [2.05, 4.69) is 50.4 Å². The number of benzene rings is 1. The van der Waals surface area contributed by atoms with Crippen LogP contribution in [0.3, 0.4) is 0 Å². The Kier molecular flexibility index (Phi) is 4.99. The quantitative estimate of drug-likeness (QED) is 0.633. The molecule has 1 heteroatoms. The summed E-state index contributed by atoms with van der Waals surface area (Å²) in [4.78, 5) is 2.24. The van der Waals surface area contributed by atoms with E-state index in [1.54, 1.807) is 17.8 Å². The summed E-state index contributed by atoms with van der Waals surface area (Å²) in [6.45, 7) is 9.78. The predicted octanol–water partition coefficient (Wildman–Crippen LogP) is 4.87. The molecule has 78 valence electrons. The number of hydrogen-bond donors (Lipinski definition) is 0. The van der Waals surface area contributed by atoms with Crippen LogP contribution in [0.2, 0.25) is 0 Å². The Balaban J connectivity index is 2.89. The molecule has 0 radical (unpaired) electrons. The van der Waals surface area contributed by atoms with Crippen LogP contribution in [0.1, 0.15) is 18.9 Å². The van der Waals surface area contributed by atoms with E-state index in [1.807, 2.05) is 6.07 Å². The lowest BCUT2D eigenvalue weighted by molar-refractivity contribution is 1.23. The van der Waals surface area contributed by atoms with E-state index >= 15 is 0 Å². The predicted molar refractivity (Wildman–Crippen MR) is 71.6 cm³/mol. The molecule has 0 aliphatic carbocycles. The third-order valence-corrected chi connectivity index (χ3v) is 2.97. The van der Waals surface area contributed by atoms with Crippen molar-refractivity contribution >= 4 is 16.7 Å². The van der Waals surface area contributed by atoms with Crippen molar-refractivity contribution in [2.45, 2.75) is 13.3 Å². The molecule has 0 aliphatic heterocycles. The molecule has 0 nitrogen and oxygen atoms in total. The molecule has 15 heavy (non-hydrogen) atoms. The second-order valence-electron chi connectivity index (χ2n) is 3.12. The molecule has 0 bridgehead atoms. The zero-order valence-electron chi connectivity index (χ0n) is 9.07. The molecule has 0 saturated carbocycles. The molecule has 0 aromatic heterocycles. The van der Waals surface area contributed by atoms with Gasteiger partial charge in [-0.05, 0) is 12.0 Å². The first-order valence-electron chi connectivity index (χ1n) is 5.02. The average molecular weight is 216 g/mol. The molecule has 0 N–H and O–H groups in total. The molecule has 0 spiro atoms. The summed E-state index contributed by atoms with van der Waals surface area (Å²) in [5.41, 5.74) is 1.24. The second kappa shape index (κ2) is 6.31. The van der Waals surface area contributed by atoms with Gasteiger partial charge < -0.3 is 0 Å². The topological polar surface area (TPSA) is 0 Å². The van der Waals surface area contributed by atoms with Gasteiger partial charge in [-0.25, -0.2) is 0 Å². The molecule has 0 unspecified atom stereocenters. The lowest BCUT2D eigenvalue weighted by Gasteiger charge is -2.06.